The fraction of sp³-hybridized carbons (Fsp3) is 0.560. The zero-order valence-electron chi connectivity index (χ0n) is 23.2. The number of nitrogens with zero attached hydrogens (tertiary/aromatic N) is 4. The maximum absolute atomic E-state index is 12.6. The monoisotopic (exact) mass is 576 g/mol. The number of anilines is 1. The average Bonchev–Trinajstić information content (AvgIpc) is 3.46. The van der Waals surface area contributed by atoms with Crippen molar-refractivity contribution in [3.05, 3.63) is 24.2 Å². The van der Waals surface area contributed by atoms with Gasteiger partial charge in [0.25, 0.3) is 0 Å². The first-order valence-corrected chi connectivity index (χ1v) is 12.5. The number of aromatic nitrogens is 3. The molecule has 41 heavy (non-hydrogen) atoms. The predicted octanol–water partition coefficient (Wildman–Crippen LogP) is 0.515. The van der Waals surface area contributed by atoms with Crippen molar-refractivity contribution in [2.24, 2.45) is 11.1 Å². The molecule has 1 fully saturated rings. The van der Waals surface area contributed by atoms with E-state index in [0.29, 0.717) is 0 Å². The van der Waals surface area contributed by atoms with Gasteiger partial charge in [-0.25, -0.2) is 14.3 Å². The van der Waals surface area contributed by atoms with E-state index in [1.165, 1.54) is 16.6 Å². The number of carbonyl (C=O) groups is 4. The van der Waals surface area contributed by atoms with Crippen LogP contribution in [0.1, 0.15) is 46.7 Å². The molecule has 222 valence electrons. The smallest absolute Gasteiger partial charge is 0.462 e. The molecule has 3 rings (SSSR count). The van der Waals surface area contributed by atoms with Crippen LogP contribution >= 0.6 is 0 Å². The maximum Gasteiger partial charge on any atom is 0.511 e. The van der Waals surface area contributed by atoms with Gasteiger partial charge in [-0.3, -0.25) is 14.4 Å². The summed E-state index contributed by atoms with van der Waals surface area (Å²) in [4.78, 5) is 51.9. The molecule has 1 saturated heterocycles. The maximum atomic E-state index is 12.6. The first-order valence-electron chi connectivity index (χ1n) is 12.5. The molecule has 4 N–H and O–H groups in total. The van der Waals surface area contributed by atoms with Gasteiger partial charge in [0.15, 0.2) is 11.9 Å². The first kappa shape index (κ1) is 31.2. The SMILES string of the molecule is CCC(=O)Nc1ncnn2c([C@]3(C#N)O[C@H](COC(=O)[C@@H](N)C(C)(C)C)[C@@H](OC(=O)OCOC(C)=O)[C@H]3O)ccc12. The van der Waals surface area contributed by atoms with Crippen molar-refractivity contribution in [3.8, 4) is 6.07 Å². The third kappa shape index (κ3) is 6.70. The van der Waals surface area contributed by atoms with E-state index in [0.717, 1.165) is 13.3 Å². The molecule has 16 nitrogen and oxygen atoms in total. The van der Waals surface area contributed by atoms with Gasteiger partial charge >= 0.3 is 18.1 Å². The van der Waals surface area contributed by atoms with Gasteiger partial charge in [-0.15, -0.1) is 0 Å². The predicted molar refractivity (Wildman–Crippen MR) is 136 cm³/mol. The number of hydrogen-bond donors (Lipinski definition) is 3. The van der Waals surface area contributed by atoms with Crippen LogP contribution in [0.5, 0.6) is 0 Å². The molecule has 0 saturated carbocycles. The molecule has 0 aliphatic carbocycles. The van der Waals surface area contributed by atoms with Crippen molar-refractivity contribution < 1.29 is 48.0 Å². The molecule has 0 bridgehead atoms. The summed E-state index contributed by atoms with van der Waals surface area (Å²) in [6.45, 7) is 6.62. The number of aliphatic hydroxyl groups excluding tert-OH is 1. The summed E-state index contributed by atoms with van der Waals surface area (Å²) in [7, 11) is 0. The Morgan fingerprint density at radius 3 is 2.59 bits per heavy atom. The molecule has 5 atom stereocenters. The van der Waals surface area contributed by atoms with E-state index in [2.05, 4.69) is 20.1 Å². The summed E-state index contributed by atoms with van der Waals surface area (Å²) in [5.41, 5.74) is 3.39. The van der Waals surface area contributed by atoms with Gasteiger partial charge in [-0.05, 0) is 17.5 Å². The van der Waals surface area contributed by atoms with Crippen molar-refractivity contribution in [1.29, 1.82) is 5.26 Å². The fourth-order valence-corrected chi connectivity index (χ4v) is 3.89. The normalized spacial score (nSPS) is 22.8. The van der Waals surface area contributed by atoms with E-state index >= 15 is 0 Å². The second-order valence-electron chi connectivity index (χ2n) is 10.2. The summed E-state index contributed by atoms with van der Waals surface area (Å²) >= 11 is 0. The Balaban J connectivity index is 1.96. The molecule has 0 unspecified atom stereocenters. The molecular formula is C25H32N6O10. The van der Waals surface area contributed by atoms with Crippen LogP contribution in [-0.4, -0.2) is 81.5 Å². The highest BCUT2D eigenvalue weighted by Crippen LogP contribution is 2.42. The molecule has 2 aromatic rings. The number of nitriles is 1. The molecular weight excluding hydrogens is 544 g/mol. The van der Waals surface area contributed by atoms with Crippen LogP contribution in [0.25, 0.3) is 5.52 Å². The number of nitrogens with one attached hydrogen (secondary N) is 1. The molecule has 0 radical (unpaired) electrons. The Hall–Kier alpha value is -4.33. The second kappa shape index (κ2) is 12.5. The van der Waals surface area contributed by atoms with E-state index < -0.39 is 66.9 Å². The molecule has 16 heteroatoms. The molecule has 3 heterocycles. The van der Waals surface area contributed by atoms with Crippen molar-refractivity contribution in [2.45, 2.75) is 71.0 Å². The number of amides is 1. The van der Waals surface area contributed by atoms with Gasteiger partial charge in [0.05, 0.1) is 5.69 Å². The van der Waals surface area contributed by atoms with E-state index in [4.69, 9.17) is 24.7 Å². The molecule has 1 aliphatic heterocycles. The van der Waals surface area contributed by atoms with E-state index in [9.17, 15) is 29.5 Å². The largest absolute Gasteiger partial charge is 0.511 e. The van der Waals surface area contributed by atoms with Crippen LogP contribution in [0.2, 0.25) is 0 Å². The first-order chi connectivity index (χ1) is 19.2. The number of esters is 2. The molecule has 0 aromatic carbocycles. The number of carbonyl (C=O) groups excluding carboxylic acids is 4. The Kier molecular flexibility index (Phi) is 9.48. The Bertz CT molecular complexity index is 1350. The lowest BCUT2D eigenvalue weighted by molar-refractivity contribution is -0.155. The van der Waals surface area contributed by atoms with Crippen molar-refractivity contribution >= 4 is 35.3 Å². The number of aliphatic hydroxyl groups is 1. The zero-order valence-corrected chi connectivity index (χ0v) is 23.2. The summed E-state index contributed by atoms with van der Waals surface area (Å²) in [5, 5.41) is 28.4. The van der Waals surface area contributed by atoms with Gasteiger partial charge in [-0.2, -0.15) is 10.4 Å². The van der Waals surface area contributed by atoms with Gasteiger partial charge < -0.3 is 39.8 Å². The number of fused-ring (bicyclic) bond motifs is 1. The number of ether oxygens (including phenoxy) is 5. The lowest BCUT2D eigenvalue weighted by Gasteiger charge is -2.26. The van der Waals surface area contributed by atoms with Crippen LogP contribution < -0.4 is 11.1 Å². The zero-order chi connectivity index (χ0) is 30.5. The Labute approximate surface area is 234 Å². The highest BCUT2D eigenvalue weighted by Gasteiger charge is 2.60. The van der Waals surface area contributed by atoms with Crippen LogP contribution in [0.3, 0.4) is 0 Å². The van der Waals surface area contributed by atoms with E-state index in [-0.39, 0.29) is 29.4 Å². The minimum atomic E-state index is -2.21. The van der Waals surface area contributed by atoms with Crippen LogP contribution in [0, 0.1) is 16.7 Å². The van der Waals surface area contributed by atoms with Gasteiger partial charge in [0, 0.05) is 13.3 Å². The average molecular weight is 577 g/mol. The fourth-order valence-electron chi connectivity index (χ4n) is 3.89. The summed E-state index contributed by atoms with van der Waals surface area (Å²) in [6.07, 6.45) is -4.91. The highest BCUT2D eigenvalue weighted by atomic mass is 16.8. The third-order valence-corrected chi connectivity index (χ3v) is 6.26. The van der Waals surface area contributed by atoms with Gasteiger partial charge in [0.2, 0.25) is 18.3 Å². The van der Waals surface area contributed by atoms with Gasteiger partial charge in [-0.1, -0.05) is 27.7 Å². The lowest BCUT2D eigenvalue weighted by atomic mass is 9.87. The third-order valence-electron chi connectivity index (χ3n) is 6.26. The number of rotatable bonds is 9. The van der Waals surface area contributed by atoms with E-state index in [1.54, 1.807) is 27.7 Å². The Morgan fingerprint density at radius 1 is 1.27 bits per heavy atom. The summed E-state index contributed by atoms with van der Waals surface area (Å²) in [5.74, 6) is -1.70. The highest BCUT2D eigenvalue weighted by molar-refractivity contribution is 5.93. The summed E-state index contributed by atoms with van der Waals surface area (Å²) in [6, 6.07) is 3.80. The van der Waals surface area contributed by atoms with Crippen LogP contribution in [0.4, 0.5) is 10.6 Å². The van der Waals surface area contributed by atoms with E-state index in [1.807, 2.05) is 6.07 Å². The van der Waals surface area contributed by atoms with Crippen molar-refractivity contribution in [2.75, 3.05) is 18.7 Å². The van der Waals surface area contributed by atoms with Crippen molar-refractivity contribution in [1.82, 2.24) is 14.6 Å². The molecule has 0 spiro atoms. The molecule has 2 aromatic heterocycles. The van der Waals surface area contributed by atoms with Crippen LogP contribution in [-0.2, 0) is 43.7 Å². The van der Waals surface area contributed by atoms with Crippen LogP contribution in [0.15, 0.2) is 18.5 Å². The minimum Gasteiger partial charge on any atom is -0.462 e. The molecule has 1 amide bonds. The summed E-state index contributed by atoms with van der Waals surface area (Å²) < 4.78 is 27.0. The second-order valence-corrected chi connectivity index (χ2v) is 10.2. The topological polar surface area (TPSA) is 227 Å². The Morgan fingerprint density at radius 2 is 1.98 bits per heavy atom. The van der Waals surface area contributed by atoms with Gasteiger partial charge in [0.1, 0.15) is 42.8 Å². The number of hydrogen-bond acceptors (Lipinski definition) is 14. The molecule has 1 aliphatic rings. The lowest BCUT2D eigenvalue weighted by Crippen LogP contribution is -2.45. The number of nitrogens with two attached hydrogens (primary N) is 1. The minimum absolute atomic E-state index is 0.000928. The quantitative estimate of drug-likeness (QED) is 0.210. The standard InChI is InChI=1S/C25H32N6O10/c1-6-17(33)30-21-14-7-8-16(31(14)29-11-28-21)25(10-26)20(34)18(40-23(36)39-12-38-13(2)32)15(41-25)9-37-22(35)19(27)24(3,4)5/h7-8,11,15,18-20,34H,6,9,12,27H2,1-5H3,(H,28,29,30,33)/t15-,18-,19-,20-,25+/m1/s1. The van der Waals surface area contributed by atoms with Crippen molar-refractivity contribution in [3.63, 3.8) is 0 Å².